The van der Waals surface area contributed by atoms with Gasteiger partial charge in [-0.2, -0.15) is 13.2 Å². The highest BCUT2D eigenvalue weighted by Gasteiger charge is 2.36. The Morgan fingerprint density at radius 2 is 1.86 bits per heavy atom. The number of nitrogens with zero attached hydrogens (tertiary/aromatic N) is 4. The van der Waals surface area contributed by atoms with Crippen LogP contribution in [0.4, 0.5) is 40.6 Å². The molecule has 4 aromatic rings. The standard InChI is InChI=1S/C24H25F4N7/c1-34(2)9-10-35(3)20-8-7-14(11-19(20)29)32-23-31-13-17(24(26,27)28)21(33-23)16-12-30-22-15(16)5-4-6-18(22)25/h4-8,11-13,30H,9-10,29H2,1-3H3,(H,31,32,33). The topological polar surface area (TPSA) is 86.1 Å². The third-order valence-electron chi connectivity index (χ3n) is 5.59. The molecular formula is C24H25F4N7. The second kappa shape index (κ2) is 9.41. The molecule has 2 heterocycles. The van der Waals surface area contributed by atoms with Gasteiger partial charge in [0.15, 0.2) is 0 Å². The molecule has 184 valence electrons. The molecule has 0 aliphatic rings. The maximum Gasteiger partial charge on any atom is 0.419 e. The van der Waals surface area contributed by atoms with Crippen LogP contribution in [0, 0.1) is 5.82 Å². The number of rotatable bonds is 7. The molecule has 35 heavy (non-hydrogen) atoms. The van der Waals surface area contributed by atoms with Crippen molar-refractivity contribution in [3.05, 3.63) is 60.2 Å². The molecule has 0 atom stereocenters. The fourth-order valence-electron chi connectivity index (χ4n) is 3.75. The van der Waals surface area contributed by atoms with E-state index in [1.807, 2.05) is 32.1 Å². The minimum absolute atomic E-state index is 0.0492. The van der Waals surface area contributed by atoms with Crippen molar-refractivity contribution in [3.8, 4) is 11.3 Å². The molecule has 0 saturated heterocycles. The van der Waals surface area contributed by atoms with E-state index in [2.05, 4.69) is 25.2 Å². The number of aromatic amines is 1. The van der Waals surface area contributed by atoms with Gasteiger partial charge in [-0.25, -0.2) is 14.4 Å². The van der Waals surface area contributed by atoms with Crippen LogP contribution < -0.4 is 16.0 Å². The molecule has 0 spiro atoms. The minimum atomic E-state index is -4.70. The van der Waals surface area contributed by atoms with Gasteiger partial charge in [0.25, 0.3) is 0 Å². The summed E-state index contributed by atoms with van der Waals surface area (Å²) < 4.78 is 55.4. The normalized spacial score (nSPS) is 11.9. The maximum atomic E-state index is 14.1. The van der Waals surface area contributed by atoms with Crippen molar-refractivity contribution in [3.63, 3.8) is 0 Å². The summed E-state index contributed by atoms with van der Waals surface area (Å²) in [6.45, 7) is 1.61. The summed E-state index contributed by atoms with van der Waals surface area (Å²) >= 11 is 0. The van der Waals surface area contributed by atoms with Crippen LogP contribution in [0.15, 0.2) is 48.8 Å². The molecule has 4 N–H and O–H groups in total. The molecule has 0 unspecified atom stereocenters. The molecule has 2 aromatic heterocycles. The number of anilines is 4. The summed E-state index contributed by atoms with van der Waals surface area (Å²) in [7, 11) is 5.89. The monoisotopic (exact) mass is 487 g/mol. The third kappa shape index (κ3) is 5.14. The van der Waals surface area contributed by atoms with Crippen molar-refractivity contribution in [2.75, 3.05) is 50.2 Å². The fourth-order valence-corrected chi connectivity index (χ4v) is 3.75. The Morgan fingerprint density at radius 3 is 2.54 bits per heavy atom. The molecule has 0 radical (unpaired) electrons. The number of alkyl halides is 3. The number of benzene rings is 2. The summed E-state index contributed by atoms with van der Waals surface area (Å²) in [5, 5.41) is 3.21. The van der Waals surface area contributed by atoms with Gasteiger partial charge in [0.05, 0.1) is 22.6 Å². The lowest BCUT2D eigenvalue weighted by atomic mass is 10.1. The van der Waals surface area contributed by atoms with Crippen LogP contribution in [0.2, 0.25) is 0 Å². The van der Waals surface area contributed by atoms with Crippen LogP contribution in [-0.4, -0.2) is 54.1 Å². The smallest absolute Gasteiger partial charge is 0.397 e. The summed E-state index contributed by atoms with van der Waals surface area (Å²) in [6.07, 6.45) is -2.67. The van der Waals surface area contributed by atoms with Crippen molar-refractivity contribution < 1.29 is 17.6 Å². The van der Waals surface area contributed by atoms with Gasteiger partial charge in [-0.15, -0.1) is 0 Å². The van der Waals surface area contributed by atoms with Crippen LogP contribution >= 0.6 is 0 Å². The lowest BCUT2D eigenvalue weighted by Gasteiger charge is -2.23. The molecule has 2 aromatic carbocycles. The van der Waals surface area contributed by atoms with Crippen LogP contribution in [0.3, 0.4) is 0 Å². The van der Waals surface area contributed by atoms with Gasteiger partial charge in [-0.1, -0.05) is 12.1 Å². The first-order valence-corrected chi connectivity index (χ1v) is 10.8. The van der Waals surface area contributed by atoms with E-state index in [0.29, 0.717) is 11.4 Å². The van der Waals surface area contributed by atoms with Gasteiger partial charge < -0.3 is 25.8 Å². The average Bonchev–Trinajstić information content (AvgIpc) is 3.22. The van der Waals surface area contributed by atoms with E-state index in [-0.39, 0.29) is 28.1 Å². The van der Waals surface area contributed by atoms with Gasteiger partial charge in [0.1, 0.15) is 11.4 Å². The molecule has 4 rings (SSSR count). The summed E-state index contributed by atoms with van der Waals surface area (Å²) in [5.74, 6) is -0.618. The molecule has 11 heteroatoms. The minimum Gasteiger partial charge on any atom is -0.397 e. The van der Waals surface area contributed by atoms with Crippen molar-refractivity contribution in [1.82, 2.24) is 19.9 Å². The first-order chi connectivity index (χ1) is 16.5. The number of para-hydroxylation sites is 1. The zero-order valence-corrected chi connectivity index (χ0v) is 19.4. The Hall–Kier alpha value is -3.86. The number of nitrogen functional groups attached to an aromatic ring is 1. The van der Waals surface area contributed by atoms with Crippen molar-refractivity contribution in [1.29, 1.82) is 0 Å². The number of nitrogens with two attached hydrogens (primary N) is 1. The van der Waals surface area contributed by atoms with E-state index in [1.165, 1.54) is 24.4 Å². The number of hydrogen-bond acceptors (Lipinski definition) is 6. The summed E-state index contributed by atoms with van der Waals surface area (Å²) in [5.41, 5.74) is 6.90. The Bertz CT molecular complexity index is 1350. The van der Waals surface area contributed by atoms with Crippen molar-refractivity contribution >= 4 is 33.9 Å². The van der Waals surface area contributed by atoms with E-state index in [4.69, 9.17) is 5.73 Å². The van der Waals surface area contributed by atoms with Gasteiger partial charge in [0, 0.05) is 49.2 Å². The Balaban J connectivity index is 1.68. The molecule has 0 aliphatic heterocycles. The first kappa shape index (κ1) is 24.3. The van der Waals surface area contributed by atoms with Gasteiger partial charge in [0.2, 0.25) is 5.95 Å². The van der Waals surface area contributed by atoms with Gasteiger partial charge in [-0.05, 0) is 38.4 Å². The highest BCUT2D eigenvalue weighted by Crippen LogP contribution is 2.39. The third-order valence-corrected chi connectivity index (χ3v) is 5.59. The maximum absolute atomic E-state index is 14.1. The molecule has 0 amide bonds. The molecule has 0 saturated carbocycles. The lowest BCUT2D eigenvalue weighted by molar-refractivity contribution is -0.137. The second-order valence-electron chi connectivity index (χ2n) is 8.44. The van der Waals surface area contributed by atoms with Gasteiger partial charge >= 0.3 is 6.18 Å². The summed E-state index contributed by atoms with van der Waals surface area (Å²) in [6, 6.07) is 9.43. The summed E-state index contributed by atoms with van der Waals surface area (Å²) in [4.78, 5) is 14.8. The number of likely N-dealkylation sites (N-methyl/N-ethyl adjacent to an activating group) is 2. The largest absolute Gasteiger partial charge is 0.419 e. The Morgan fingerprint density at radius 1 is 1.09 bits per heavy atom. The molecule has 0 aliphatic carbocycles. The highest BCUT2D eigenvalue weighted by molar-refractivity contribution is 5.95. The number of aromatic nitrogens is 3. The van der Waals surface area contributed by atoms with Crippen LogP contribution in [0.25, 0.3) is 22.2 Å². The number of H-pyrrole nitrogens is 1. The highest BCUT2D eigenvalue weighted by atomic mass is 19.4. The number of hydrogen-bond donors (Lipinski definition) is 3. The predicted molar refractivity (Wildman–Crippen MR) is 130 cm³/mol. The molecular weight excluding hydrogens is 462 g/mol. The predicted octanol–water partition coefficient (Wildman–Crippen LogP) is 5.11. The fraction of sp³-hybridized carbons (Fsp3) is 0.250. The van der Waals surface area contributed by atoms with Crippen LogP contribution in [0.1, 0.15) is 5.56 Å². The van der Waals surface area contributed by atoms with Crippen LogP contribution in [-0.2, 0) is 6.18 Å². The molecule has 7 nitrogen and oxygen atoms in total. The molecule has 0 bridgehead atoms. The Labute approximate surface area is 199 Å². The van der Waals surface area contributed by atoms with E-state index in [1.54, 1.807) is 12.1 Å². The van der Waals surface area contributed by atoms with E-state index < -0.39 is 17.6 Å². The number of nitrogens with one attached hydrogen (secondary N) is 2. The van der Waals surface area contributed by atoms with E-state index >= 15 is 0 Å². The van der Waals surface area contributed by atoms with Crippen molar-refractivity contribution in [2.24, 2.45) is 0 Å². The zero-order chi connectivity index (χ0) is 25.3. The first-order valence-electron chi connectivity index (χ1n) is 10.8. The average molecular weight is 488 g/mol. The van der Waals surface area contributed by atoms with Gasteiger partial charge in [-0.3, -0.25) is 0 Å². The molecule has 0 fully saturated rings. The second-order valence-corrected chi connectivity index (χ2v) is 8.44. The van der Waals surface area contributed by atoms with Crippen LogP contribution in [0.5, 0.6) is 0 Å². The van der Waals surface area contributed by atoms with Crippen molar-refractivity contribution in [2.45, 2.75) is 6.18 Å². The van der Waals surface area contributed by atoms with E-state index in [9.17, 15) is 17.6 Å². The quantitative estimate of drug-likeness (QED) is 0.248. The lowest BCUT2D eigenvalue weighted by Crippen LogP contribution is -2.28. The SMILES string of the molecule is CN(C)CCN(C)c1ccc(Nc2ncc(C(F)(F)F)c(-c3c[nH]c4c(F)cccc34)n2)cc1N. The number of halogens is 4. The zero-order valence-electron chi connectivity index (χ0n) is 19.4. The Kier molecular flexibility index (Phi) is 6.53. The van der Waals surface area contributed by atoms with E-state index in [0.717, 1.165) is 25.0 Å². The number of fused-ring (bicyclic) bond motifs is 1.